The topological polar surface area (TPSA) is 62.3 Å². The van der Waals surface area contributed by atoms with E-state index in [2.05, 4.69) is 5.10 Å². The van der Waals surface area contributed by atoms with E-state index in [1.54, 1.807) is 37.2 Å². The molecule has 0 amide bonds. The molecule has 0 aliphatic rings. The Morgan fingerprint density at radius 2 is 1.94 bits per heavy atom. The summed E-state index contributed by atoms with van der Waals surface area (Å²) in [5.41, 5.74) is 7.12. The van der Waals surface area contributed by atoms with Gasteiger partial charge in [0.15, 0.2) is 0 Å². The SMILES string of the molecule is COc1cc(-n2cccn2)c(OC)cc1N. The normalized spacial score (nSPS) is 10.1. The van der Waals surface area contributed by atoms with Gasteiger partial charge in [-0.25, -0.2) is 4.68 Å². The van der Waals surface area contributed by atoms with E-state index in [9.17, 15) is 0 Å². The molecule has 0 bridgehead atoms. The zero-order valence-electron chi connectivity index (χ0n) is 9.18. The largest absolute Gasteiger partial charge is 0.495 e. The van der Waals surface area contributed by atoms with Crippen LogP contribution in [0.4, 0.5) is 5.69 Å². The molecule has 5 nitrogen and oxygen atoms in total. The first-order valence-corrected chi connectivity index (χ1v) is 4.77. The number of hydrogen-bond acceptors (Lipinski definition) is 4. The molecule has 0 radical (unpaired) electrons. The summed E-state index contributed by atoms with van der Waals surface area (Å²) in [6.07, 6.45) is 3.52. The number of benzene rings is 1. The van der Waals surface area contributed by atoms with Gasteiger partial charge in [-0.3, -0.25) is 0 Å². The average molecular weight is 219 g/mol. The molecular formula is C11H13N3O2. The van der Waals surface area contributed by atoms with Crippen LogP contribution in [-0.4, -0.2) is 24.0 Å². The Morgan fingerprint density at radius 1 is 1.19 bits per heavy atom. The Balaban J connectivity index is 2.58. The molecule has 16 heavy (non-hydrogen) atoms. The number of nitrogens with two attached hydrogens (primary N) is 1. The van der Waals surface area contributed by atoms with Crippen molar-refractivity contribution < 1.29 is 9.47 Å². The lowest BCUT2D eigenvalue weighted by molar-refractivity contribution is 0.402. The van der Waals surface area contributed by atoms with E-state index in [1.807, 2.05) is 12.3 Å². The second-order valence-electron chi connectivity index (χ2n) is 3.22. The Bertz CT molecular complexity index is 480. The molecular weight excluding hydrogens is 206 g/mol. The van der Waals surface area contributed by atoms with Crippen molar-refractivity contribution in [2.24, 2.45) is 0 Å². The number of nitrogens with zero attached hydrogens (tertiary/aromatic N) is 2. The highest BCUT2D eigenvalue weighted by Gasteiger charge is 2.10. The number of rotatable bonds is 3. The van der Waals surface area contributed by atoms with Gasteiger partial charge in [0.1, 0.15) is 17.2 Å². The van der Waals surface area contributed by atoms with Crippen LogP contribution in [0, 0.1) is 0 Å². The highest BCUT2D eigenvalue weighted by Crippen LogP contribution is 2.32. The lowest BCUT2D eigenvalue weighted by atomic mass is 10.2. The van der Waals surface area contributed by atoms with Crippen LogP contribution in [0.15, 0.2) is 30.6 Å². The van der Waals surface area contributed by atoms with Crippen LogP contribution < -0.4 is 15.2 Å². The molecule has 1 heterocycles. The van der Waals surface area contributed by atoms with Gasteiger partial charge in [0.05, 0.1) is 19.9 Å². The molecule has 84 valence electrons. The molecule has 5 heteroatoms. The van der Waals surface area contributed by atoms with Crippen molar-refractivity contribution in [3.8, 4) is 17.2 Å². The highest BCUT2D eigenvalue weighted by molar-refractivity contribution is 5.64. The van der Waals surface area contributed by atoms with Crippen molar-refractivity contribution in [2.45, 2.75) is 0 Å². The number of anilines is 1. The second kappa shape index (κ2) is 4.14. The van der Waals surface area contributed by atoms with Crippen LogP contribution in [0.5, 0.6) is 11.5 Å². The molecule has 2 rings (SSSR count). The number of ether oxygens (including phenoxy) is 2. The Kier molecular flexibility index (Phi) is 2.68. The third-order valence-corrected chi connectivity index (χ3v) is 2.28. The monoisotopic (exact) mass is 219 g/mol. The first-order valence-electron chi connectivity index (χ1n) is 4.77. The Morgan fingerprint density at radius 3 is 2.50 bits per heavy atom. The number of methoxy groups -OCH3 is 2. The summed E-state index contributed by atoms with van der Waals surface area (Å²) in [6.45, 7) is 0. The summed E-state index contributed by atoms with van der Waals surface area (Å²) < 4.78 is 12.1. The zero-order valence-corrected chi connectivity index (χ0v) is 9.18. The lowest BCUT2D eigenvalue weighted by Gasteiger charge is -2.12. The molecule has 1 aromatic heterocycles. The summed E-state index contributed by atoms with van der Waals surface area (Å²) in [6, 6.07) is 5.35. The summed E-state index contributed by atoms with van der Waals surface area (Å²) >= 11 is 0. The first-order chi connectivity index (χ1) is 7.76. The maximum atomic E-state index is 5.80. The Labute approximate surface area is 93.4 Å². The van der Waals surface area contributed by atoms with Gasteiger partial charge in [0.25, 0.3) is 0 Å². The number of hydrogen-bond donors (Lipinski definition) is 1. The third kappa shape index (κ3) is 1.67. The van der Waals surface area contributed by atoms with Crippen molar-refractivity contribution in [1.82, 2.24) is 9.78 Å². The van der Waals surface area contributed by atoms with Gasteiger partial charge in [0.2, 0.25) is 0 Å². The Hall–Kier alpha value is -2.17. The van der Waals surface area contributed by atoms with E-state index in [0.29, 0.717) is 17.2 Å². The van der Waals surface area contributed by atoms with Crippen LogP contribution in [-0.2, 0) is 0 Å². The van der Waals surface area contributed by atoms with Gasteiger partial charge in [-0.15, -0.1) is 0 Å². The fraction of sp³-hybridized carbons (Fsp3) is 0.182. The highest BCUT2D eigenvalue weighted by atomic mass is 16.5. The molecule has 0 atom stereocenters. The summed E-state index contributed by atoms with van der Waals surface area (Å²) in [5.74, 6) is 1.26. The van der Waals surface area contributed by atoms with E-state index in [-0.39, 0.29) is 0 Å². The van der Waals surface area contributed by atoms with Gasteiger partial charge in [-0.1, -0.05) is 0 Å². The van der Waals surface area contributed by atoms with Crippen molar-refractivity contribution >= 4 is 5.69 Å². The molecule has 1 aromatic carbocycles. The fourth-order valence-electron chi connectivity index (χ4n) is 1.50. The first kappa shape index (κ1) is 10.4. The summed E-state index contributed by atoms with van der Waals surface area (Å²) in [5, 5.41) is 4.14. The molecule has 0 unspecified atom stereocenters. The molecule has 0 spiro atoms. The number of aromatic nitrogens is 2. The average Bonchev–Trinajstić information content (AvgIpc) is 2.82. The van der Waals surface area contributed by atoms with Crippen molar-refractivity contribution in [2.75, 3.05) is 20.0 Å². The fourth-order valence-corrected chi connectivity index (χ4v) is 1.50. The van der Waals surface area contributed by atoms with Crippen molar-refractivity contribution in [3.05, 3.63) is 30.6 Å². The second-order valence-corrected chi connectivity index (χ2v) is 3.22. The van der Waals surface area contributed by atoms with E-state index in [4.69, 9.17) is 15.2 Å². The van der Waals surface area contributed by atoms with Gasteiger partial charge < -0.3 is 15.2 Å². The van der Waals surface area contributed by atoms with Gasteiger partial charge in [-0.2, -0.15) is 5.10 Å². The van der Waals surface area contributed by atoms with E-state index in [0.717, 1.165) is 5.69 Å². The van der Waals surface area contributed by atoms with Gasteiger partial charge >= 0.3 is 0 Å². The van der Waals surface area contributed by atoms with Crippen molar-refractivity contribution in [1.29, 1.82) is 0 Å². The molecule has 0 fully saturated rings. The van der Waals surface area contributed by atoms with E-state index >= 15 is 0 Å². The van der Waals surface area contributed by atoms with Crippen LogP contribution in [0.25, 0.3) is 5.69 Å². The maximum absolute atomic E-state index is 5.80. The quantitative estimate of drug-likeness (QED) is 0.794. The van der Waals surface area contributed by atoms with Crippen LogP contribution in [0.1, 0.15) is 0 Å². The standard InChI is InChI=1S/C11H13N3O2/c1-15-10-7-9(14-5-3-4-13-14)11(16-2)6-8(10)12/h3-7H,12H2,1-2H3. The zero-order chi connectivity index (χ0) is 11.5. The minimum absolute atomic E-state index is 0.537. The molecule has 0 saturated carbocycles. The molecule has 2 N–H and O–H groups in total. The summed E-state index contributed by atoms with van der Waals surface area (Å²) in [7, 11) is 3.17. The maximum Gasteiger partial charge on any atom is 0.146 e. The van der Waals surface area contributed by atoms with Crippen LogP contribution in [0.2, 0.25) is 0 Å². The summed E-state index contributed by atoms with van der Waals surface area (Å²) in [4.78, 5) is 0. The number of nitrogen functional groups attached to an aromatic ring is 1. The van der Waals surface area contributed by atoms with E-state index < -0.39 is 0 Å². The van der Waals surface area contributed by atoms with Crippen molar-refractivity contribution in [3.63, 3.8) is 0 Å². The molecule has 0 aliphatic heterocycles. The van der Waals surface area contributed by atoms with Crippen LogP contribution >= 0.6 is 0 Å². The predicted octanol–water partition coefficient (Wildman–Crippen LogP) is 1.47. The van der Waals surface area contributed by atoms with Gasteiger partial charge in [-0.05, 0) is 6.07 Å². The smallest absolute Gasteiger partial charge is 0.146 e. The minimum Gasteiger partial charge on any atom is -0.495 e. The minimum atomic E-state index is 0.537. The molecule has 2 aromatic rings. The van der Waals surface area contributed by atoms with E-state index in [1.165, 1.54) is 0 Å². The molecule has 0 aliphatic carbocycles. The molecule has 0 saturated heterocycles. The van der Waals surface area contributed by atoms with Gasteiger partial charge in [0, 0.05) is 24.5 Å². The predicted molar refractivity (Wildman–Crippen MR) is 61.1 cm³/mol. The van der Waals surface area contributed by atoms with Crippen LogP contribution in [0.3, 0.4) is 0 Å². The lowest BCUT2D eigenvalue weighted by Crippen LogP contribution is -2.01. The third-order valence-electron chi connectivity index (χ3n) is 2.28.